The molecule has 1 aliphatic heterocycles. The number of halogens is 4. The van der Waals surface area contributed by atoms with Crippen molar-refractivity contribution in [1.29, 1.82) is 0 Å². The van der Waals surface area contributed by atoms with E-state index in [1.807, 2.05) is 18.3 Å². The molecule has 29 heavy (non-hydrogen) atoms. The Morgan fingerprint density at radius 3 is 2.62 bits per heavy atom. The van der Waals surface area contributed by atoms with Crippen LogP contribution < -0.4 is 5.32 Å². The van der Waals surface area contributed by atoms with Crippen molar-refractivity contribution in [2.75, 3.05) is 19.6 Å². The quantitative estimate of drug-likeness (QED) is 0.693. The molecule has 1 atom stereocenters. The maximum absolute atomic E-state index is 12.8. The van der Waals surface area contributed by atoms with E-state index in [1.165, 1.54) is 16.8 Å². The predicted octanol–water partition coefficient (Wildman–Crippen LogP) is 2.64. The lowest BCUT2D eigenvalue weighted by Crippen LogP contribution is -2.45. The topological polar surface area (TPSA) is 71.8 Å². The predicted molar refractivity (Wildman–Crippen MR) is 102 cm³/mol. The van der Waals surface area contributed by atoms with E-state index < -0.39 is 11.7 Å². The van der Waals surface area contributed by atoms with Crippen LogP contribution in [0.1, 0.15) is 23.0 Å². The number of aromatic nitrogens is 5. The molecule has 11 heteroatoms. The van der Waals surface area contributed by atoms with Gasteiger partial charge in [0, 0.05) is 38.1 Å². The summed E-state index contributed by atoms with van der Waals surface area (Å²) in [5.41, 5.74) is 0.869. The van der Waals surface area contributed by atoms with E-state index in [4.69, 9.17) is 0 Å². The maximum Gasteiger partial charge on any atom is 0.416 e. The molecule has 0 bridgehead atoms. The molecule has 154 valence electrons. The molecule has 0 amide bonds. The van der Waals surface area contributed by atoms with Crippen LogP contribution in [0.25, 0.3) is 5.69 Å². The monoisotopic (exact) mass is 425 g/mol. The molecule has 4 rings (SSSR count). The van der Waals surface area contributed by atoms with Crippen molar-refractivity contribution in [3.05, 3.63) is 65.7 Å². The van der Waals surface area contributed by atoms with Crippen molar-refractivity contribution in [2.45, 2.75) is 18.8 Å². The normalized spacial score (nSPS) is 17.7. The molecule has 1 aliphatic rings. The van der Waals surface area contributed by atoms with Crippen molar-refractivity contribution < 1.29 is 13.2 Å². The van der Waals surface area contributed by atoms with Crippen LogP contribution in [0, 0.1) is 0 Å². The molecule has 2 aromatic heterocycles. The van der Waals surface area contributed by atoms with Crippen molar-refractivity contribution in [3.63, 3.8) is 0 Å². The van der Waals surface area contributed by atoms with Crippen LogP contribution in [0.3, 0.4) is 0 Å². The Labute approximate surface area is 171 Å². The van der Waals surface area contributed by atoms with Crippen molar-refractivity contribution in [2.24, 2.45) is 0 Å². The second-order valence-electron chi connectivity index (χ2n) is 6.53. The molecule has 0 spiro atoms. The van der Waals surface area contributed by atoms with Gasteiger partial charge in [0.15, 0.2) is 5.82 Å². The van der Waals surface area contributed by atoms with Gasteiger partial charge in [-0.05, 0) is 46.3 Å². The number of nitrogens with one attached hydrogen (secondary N) is 1. The van der Waals surface area contributed by atoms with Crippen molar-refractivity contribution >= 4 is 12.4 Å². The standard InChI is InChI=1S/C18H18F3N7.ClH/c19-18(20,21)14-3-5-15(6-4-14)28-17(24-25-26-28)12-27-9-8-23-11-16(27)13-2-1-7-22-10-13;/h1-7,10,16,23H,8-9,11-12H2;1H. The fourth-order valence-electron chi connectivity index (χ4n) is 3.32. The minimum absolute atomic E-state index is 0. The number of benzene rings is 1. The van der Waals surface area contributed by atoms with E-state index in [-0.39, 0.29) is 18.4 Å². The molecule has 0 saturated carbocycles. The van der Waals surface area contributed by atoms with Crippen LogP contribution in [0.2, 0.25) is 0 Å². The van der Waals surface area contributed by atoms with Crippen LogP contribution in [-0.4, -0.2) is 49.7 Å². The van der Waals surface area contributed by atoms with Gasteiger partial charge in [-0.1, -0.05) is 6.07 Å². The van der Waals surface area contributed by atoms with Crippen LogP contribution in [0.5, 0.6) is 0 Å². The van der Waals surface area contributed by atoms with Crippen molar-refractivity contribution in [3.8, 4) is 5.69 Å². The Balaban J connectivity index is 0.00000240. The summed E-state index contributed by atoms with van der Waals surface area (Å²) in [6.07, 6.45) is -0.807. The Hall–Kier alpha value is -2.56. The zero-order valence-electron chi connectivity index (χ0n) is 15.3. The van der Waals surface area contributed by atoms with E-state index in [0.717, 1.165) is 37.3 Å². The smallest absolute Gasteiger partial charge is 0.314 e. The molecule has 7 nitrogen and oxygen atoms in total. The first-order valence-electron chi connectivity index (χ1n) is 8.82. The summed E-state index contributed by atoms with van der Waals surface area (Å²) in [5, 5.41) is 15.1. The number of hydrogen-bond acceptors (Lipinski definition) is 6. The van der Waals surface area contributed by atoms with Gasteiger partial charge in [0.1, 0.15) is 0 Å². The molecule has 1 fully saturated rings. The maximum atomic E-state index is 12.8. The second kappa shape index (κ2) is 8.85. The van der Waals surface area contributed by atoms with Crippen LogP contribution in [0.4, 0.5) is 13.2 Å². The highest BCUT2D eigenvalue weighted by atomic mass is 35.5. The van der Waals surface area contributed by atoms with Gasteiger partial charge in [-0.25, -0.2) is 0 Å². The van der Waals surface area contributed by atoms with Gasteiger partial charge in [-0.15, -0.1) is 17.5 Å². The number of hydrogen-bond donors (Lipinski definition) is 1. The average molecular weight is 426 g/mol. The number of pyridine rings is 1. The fraction of sp³-hybridized carbons (Fsp3) is 0.333. The molecule has 1 unspecified atom stereocenters. The minimum atomic E-state index is -4.38. The molecule has 1 N–H and O–H groups in total. The van der Waals surface area contributed by atoms with E-state index in [2.05, 4.69) is 30.7 Å². The van der Waals surface area contributed by atoms with Crippen LogP contribution >= 0.6 is 12.4 Å². The van der Waals surface area contributed by atoms with E-state index in [0.29, 0.717) is 18.1 Å². The lowest BCUT2D eigenvalue weighted by atomic mass is 10.1. The third-order valence-electron chi connectivity index (χ3n) is 4.74. The second-order valence-corrected chi connectivity index (χ2v) is 6.53. The third kappa shape index (κ3) is 4.72. The summed E-state index contributed by atoms with van der Waals surface area (Å²) in [6, 6.07) is 8.84. The molecular formula is C18H19ClF3N7. The Bertz CT molecular complexity index is 915. The Kier molecular flexibility index (Phi) is 6.46. The summed E-state index contributed by atoms with van der Waals surface area (Å²) in [6.45, 7) is 2.86. The molecule has 1 aromatic carbocycles. The number of piperazine rings is 1. The van der Waals surface area contributed by atoms with E-state index in [9.17, 15) is 13.2 Å². The summed E-state index contributed by atoms with van der Waals surface area (Å²) < 4.78 is 39.8. The number of tetrazole rings is 1. The zero-order chi connectivity index (χ0) is 19.6. The molecular weight excluding hydrogens is 407 g/mol. The first-order valence-corrected chi connectivity index (χ1v) is 8.82. The molecule has 3 heterocycles. The van der Waals surface area contributed by atoms with Gasteiger partial charge in [0.25, 0.3) is 0 Å². The molecule has 3 aromatic rings. The largest absolute Gasteiger partial charge is 0.416 e. The van der Waals surface area contributed by atoms with E-state index >= 15 is 0 Å². The summed E-state index contributed by atoms with van der Waals surface area (Å²) >= 11 is 0. The molecule has 0 radical (unpaired) electrons. The Morgan fingerprint density at radius 2 is 1.93 bits per heavy atom. The number of alkyl halides is 3. The third-order valence-corrected chi connectivity index (χ3v) is 4.74. The number of nitrogens with zero attached hydrogens (tertiary/aromatic N) is 6. The van der Waals surface area contributed by atoms with E-state index in [1.54, 1.807) is 6.20 Å². The summed E-state index contributed by atoms with van der Waals surface area (Å²) in [4.78, 5) is 6.43. The van der Waals surface area contributed by atoms with Gasteiger partial charge >= 0.3 is 6.18 Å². The van der Waals surface area contributed by atoms with Gasteiger partial charge in [-0.3, -0.25) is 9.88 Å². The highest BCUT2D eigenvalue weighted by Gasteiger charge is 2.30. The highest BCUT2D eigenvalue weighted by Crippen LogP contribution is 2.30. The van der Waals surface area contributed by atoms with Crippen molar-refractivity contribution in [1.82, 2.24) is 35.4 Å². The Morgan fingerprint density at radius 1 is 1.14 bits per heavy atom. The van der Waals surface area contributed by atoms with Crippen LogP contribution in [-0.2, 0) is 12.7 Å². The minimum Gasteiger partial charge on any atom is -0.314 e. The highest BCUT2D eigenvalue weighted by molar-refractivity contribution is 5.85. The fourth-order valence-corrected chi connectivity index (χ4v) is 3.32. The SMILES string of the molecule is Cl.FC(F)(F)c1ccc(-n2nnnc2CN2CCNCC2c2cccnc2)cc1. The average Bonchev–Trinajstić information content (AvgIpc) is 3.17. The van der Waals surface area contributed by atoms with Gasteiger partial charge in [0.05, 0.1) is 17.8 Å². The first kappa shape index (κ1) is 21.2. The van der Waals surface area contributed by atoms with Gasteiger partial charge < -0.3 is 5.32 Å². The zero-order valence-corrected chi connectivity index (χ0v) is 16.1. The van der Waals surface area contributed by atoms with Gasteiger partial charge in [0.2, 0.25) is 0 Å². The lowest BCUT2D eigenvalue weighted by Gasteiger charge is -2.35. The van der Waals surface area contributed by atoms with Gasteiger partial charge in [-0.2, -0.15) is 17.9 Å². The molecule has 1 saturated heterocycles. The summed E-state index contributed by atoms with van der Waals surface area (Å²) in [5.74, 6) is 0.565. The summed E-state index contributed by atoms with van der Waals surface area (Å²) in [7, 11) is 0. The number of rotatable bonds is 4. The first-order chi connectivity index (χ1) is 13.5. The molecule has 0 aliphatic carbocycles. The van der Waals surface area contributed by atoms with Crippen LogP contribution in [0.15, 0.2) is 48.8 Å². The lowest BCUT2D eigenvalue weighted by molar-refractivity contribution is -0.137.